The number of rotatable bonds is 7. The van der Waals surface area contributed by atoms with E-state index in [1.165, 1.54) is 4.57 Å². The molecule has 0 radical (unpaired) electrons. The lowest BCUT2D eigenvalue weighted by molar-refractivity contribution is 0.315. The van der Waals surface area contributed by atoms with Crippen molar-refractivity contribution in [3.8, 4) is 0 Å². The van der Waals surface area contributed by atoms with E-state index in [9.17, 15) is 9.59 Å². The van der Waals surface area contributed by atoms with Crippen LogP contribution < -0.4 is 16.6 Å². The lowest BCUT2D eigenvalue weighted by atomic mass is 10.3. The zero-order valence-corrected chi connectivity index (χ0v) is 14.5. The molecule has 2 aromatic rings. The highest BCUT2D eigenvalue weighted by Crippen LogP contribution is 2.20. The van der Waals surface area contributed by atoms with Gasteiger partial charge in [-0.2, -0.15) is 4.98 Å². The molecule has 0 aliphatic rings. The number of nitrogens with one attached hydrogen (secondary N) is 2. The molecule has 0 bridgehead atoms. The van der Waals surface area contributed by atoms with Gasteiger partial charge in [0, 0.05) is 26.2 Å². The molecule has 2 aromatic heterocycles. The van der Waals surface area contributed by atoms with Crippen molar-refractivity contribution in [1.29, 1.82) is 0 Å². The summed E-state index contributed by atoms with van der Waals surface area (Å²) in [7, 11) is 1.61. The molecule has 0 saturated carbocycles. The van der Waals surface area contributed by atoms with Gasteiger partial charge in [-0.15, -0.1) is 0 Å². The van der Waals surface area contributed by atoms with Crippen LogP contribution in [0, 0.1) is 0 Å². The molecule has 0 aliphatic heterocycles. The van der Waals surface area contributed by atoms with Crippen LogP contribution in [0.25, 0.3) is 11.2 Å². The Morgan fingerprint density at radius 1 is 1.26 bits per heavy atom. The summed E-state index contributed by atoms with van der Waals surface area (Å²) in [6, 6.07) is 0.0505. The van der Waals surface area contributed by atoms with Crippen molar-refractivity contribution in [2.45, 2.75) is 33.7 Å². The molecule has 2 heterocycles. The molecule has 0 spiro atoms. The molecule has 0 aliphatic carbocycles. The Kier molecular flexibility index (Phi) is 5.25. The highest BCUT2D eigenvalue weighted by molar-refractivity contribution is 5.74. The highest BCUT2D eigenvalue weighted by atomic mass is 16.2. The molecule has 2 N–H and O–H groups in total. The molecule has 0 fully saturated rings. The van der Waals surface area contributed by atoms with Gasteiger partial charge < -0.3 is 14.8 Å². The average molecular weight is 322 g/mol. The minimum atomic E-state index is -0.453. The van der Waals surface area contributed by atoms with E-state index in [0.29, 0.717) is 17.1 Å². The Balaban J connectivity index is 2.42. The molecule has 23 heavy (non-hydrogen) atoms. The van der Waals surface area contributed by atoms with E-state index in [4.69, 9.17) is 0 Å². The summed E-state index contributed by atoms with van der Waals surface area (Å²) in [5.74, 6) is 0.619. The second kappa shape index (κ2) is 6.99. The van der Waals surface area contributed by atoms with Crippen molar-refractivity contribution in [2.75, 3.05) is 31.5 Å². The molecular formula is C15H26N6O2. The fourth-order valence-electron chi connectivity index (χ4n) is 2.70. The Labute approximate surface area is 135 Å². The second-order valence-electron chi connectivity index (χ2n) is 5.84. The standard InChI is InChI=1S/C15H26N6O2/c1-6-20(7-2)9-8-16-14-17-12-11(21(14)10(3)4)13(22)18-15(23)19(12)5/h10H,6-9H2,1-5H3,(H,16,17)(H,18,22,23). The van der Waals surface area contributed by atoms with E-state index in [-0.39, 0.29) is 6.04 Å². The maximum Gasteiger partial charge on any atom is 0.329 e. The number of nitrogens with zero attached hydrogens (tertiary/aromatic N) is 4. The van der Waals surface area contributed by atoms with E-state index in [2.05, 4.69) is 34.0 Å². The first kappa shape index (κ1) is 17.3. The van der Waals surface area contributed by atoms with Crippen LogP contribution in [-0.2, 0) is 7.05 Å². The van der Waals surface area contributed by atoms with E-state index in [1.807, 2.05) is 18.4 Å². The van der Waals surface area contributed by atoms with Crippen molar-refractivity contribution >= 4 is 17.1 Å². The largest absolute Gasteiger partial charge is 0.354 e. The van der Waals surface area contributed by atoms with Crippen LogP contribution >= 0.6 is 0 Å². The van der Waals surface area contributed by atoms with Crippen LogP contribution in [-0.4, -0.2) is 50.2 Å². The van der Waals surface area contributed by atoms with Crippen molar-refractivity contribution < 1.29 is 0 Å². The molecule has 2 rings (SSSR count). The number of H-pyrrole nitrogens is 1. The van der Waals surface area contributed by atoms with Gasteiger partial charge in [-0.25, -0.2) is 4.79 Å². The van der Waals surface area contributed by atoms with Gasteiger partial charge in [0.05, 0.1) is 0 Å². The van der Waals surface area contributed by atoms with Gasteiger partial charge in [-0.1, -0.05) is 13.8 Å². The van der Waals surface area contributed by atoms with Crippen LogP contribution in [0.1, 0.15) is 33.7 Å². The van der Waals surface area contributed by atoms with Gasteiger partial charge in [-0.05, 0) is 26.9 Å². The molecule has 0 aromatic carbocycles. The predicted molar refractivity (Wildman–Crippen MR) is 92.3 cm³/mol. The Morgan fingerprint density at radius 3 is 2.48 bits per heavy atom. The number of likely N-dealkylation sites (N-methyl/N-ethyl adjacent to an activating group) is 1. The summed E-state index contributed by atoms with van der Waals surface area (Å²) in [4.78, 5) is 33.1. The van der Waals surface area contributed by atoms with Gasteiger partial charge in [0.15, 0.2) is 11.2 Å². The van der Waals surface area contributed by atoms with Crippen LogP contribution in [0.4, 0.5) is 5.95 Å². The summed E-state index contributed by atoms with van der Waals surface area (Å²) >= 11 is 0. The third-order valence-corrected chi connectivity index (χ3v) is 4.07. The molecule has 0 saturated heterocycles. The lowest BCUT2D eigenvalue weighted by Gasteiger charge is -2.19. The van der Waals surface area contributed by atoms with Crippen molar-refractivity contribution in [1.82, 2.24) is 24.0 Å². The number of anilines is 1. The predicted octanol–water partition coefficient (Wildman–Crippen LogP) is 0.758. The molecule has 8 nitrogen and oxygen atoms in total. The fourth-order valence-corrected chi connectivity index (χ4v) is 2.70. The van der Waals surface area contributed by atoms with E-state index < -0.39 is 11.2 Å². The first-order valence-electron chi connectivity index (χ1n) is 8.08. The van der Waals surface area contributed by atoms with Crippen LogP contribution in [0.5, 0.6) is 0 Å². The van der Waals surface area contributed by atoms with Gasteiger partial charge in [0.1, 0.15) is 0 Å². The van der Waals surface area contributed by atoms with Crippen molar-refractivity contribution in [2.24, 2.45) is 7.05 Å². The Bertz CT molecular complexity index is 782. The number of imidazole rings is 1. The molecule has 0 amide bonds. The summed E-state index contributed by atoms with van der Waals surface area (Å²) in [5, 5.41) is 3.30. The normalized spacial score (nSPS) is 11.8. The number of aromatic nitrogens is 4. The topological polar surface area (TPSA) is 88.0 Å². The van der Waals surface area contributed by atoms with Crippen LogP contribution in [0.15, 0.2) is 9.59 Å². The summed E-state index contributed by atoms with van der Waals surface area (Å²) in [5.41, 5.74) is -0.0306. The van der Waals surface area contributed by atoms with Gasteiger partial charge in [0.2, 0.25) is 5.95 Å². The number of hydrogen-bond acceptors (Lipinski definition) is 5. The van der Waals surface area contributed by atoms with E-state index in [0.717, 1.165) is 26.2 Å². The zero-order valence-electron chi connectivity index (χ0n) is 14.5. The number of aryl methyl sites for hydroxylation is 1. The molecule has 0 unspecified atom stereocenters. The highest BCUT2D eigenvalue weighted by Gasteiger charge is 2.18. The van der Waals surface area contributed by atoms with Gasteiger partial charge >= 0.3 is 5.69 Å². The van der Waals surface area contributed by atoms with E-state index >= 15 is 0 Å². The maximum atomic E-state index is 12.2. The molecule has 128 valence electrons. The average Bonchev–Trinajstić information content (AvgIpc) is 2.89. The van der Waals surface area contributed by atoms with Gasteiger partial charge in [-0.3, -0.25) is 14.3 Å². The first-order chi connectivity index (χ1) is 10.9. The summed E-state index contributed by atoms with van der Waals surface area (Å²) < 4.78 is 3.21. The minimum absolute atomic E-state index is 0.0505. The van der Waals surface area contributed by atoms with Crippen LogP contribution in [0.2, 0.25) is 0 Å². The van der Waals surface area contributed by atoms with Gasteiger partial charge in [0.25, 0.3) is 5.56 Å². The lowest BCUT2D eigenvalue weighted by Crippen LogP contribution is -2.30. The van der Waals surface area contributed by atoms with E-state index in [1.54, 1.807) is 7.05 Å². The number of hydrogen-bond donors (Lipinski definition) is 2. The monoisotopic (exact) mass is 322 g/mol. The maximum absolute atomic E-state index is 12.2. The fraction of sp³-hybridized carbons (Fsp3) is 0.667. The smallest absolute Gasteiger partial charge is 0.329 e. The number of aromatic amines is 1. The first-order valence-corrected chi connectivity index (χ1v) is 8.08. The quantitative estimate of drug-likeness (QED) is 0.786. The minimum Gasteiger partial charge on any atom is -0.354 e. The SMILES string of the molecule is CCN(CC)CCNc1nc2c(c(=O)[nH]c(=O)n2C)n1C(C)C. The molecule has 0 atom stereocenters. The Hall–Kier alpha value is -2.09. The third kappa shape index (κ3) is 3.31. The van der Waals surface area contributed by atoms with Crippen molar-refractivity contribution in [3.63, 3.8) is 0 Å². The zero-order chi connectivity index (χ0) is 17.1. The molecule has 8 heteroatoms. The number of fused-ring (bicyclic) bond motifs is 1. The third-order valence-electron chi connectivity index (χ3n) is 4.07. The molecular weight excluding hydrogens is 296 g/mol. The van der Waals surface area contributed by atoms with Crippen LogP contribution in [0.3, 0.4) is 0 Å². The summed E-state index contributed by atoms with van der Waals surface area (Å²) in [6.07, 6.45) is 0. The summed E-state index contributed by atoms with van der Waals surface area (Å²) in [6.45, 7) is 11.8. The Morgan fingerprint density at radius 2 is 1.91 bits per heavy atom. The van der Waals surface area contributed by atoms with Crippen molar-refractivity contribution in [3.05, 3.63) is 20.8 Å². The second-order valence-corrected chi connectivity index (χ2v) is 5.84.